The second kappa shape index (κ2) is 7.31. The lowest BCUT2D eigenvalue weighted by Gasteiger charge is -2.32. The van der Waals surface area contributed by atoms with Gasteiger partial charge in [-0.05, 0) is 31.9 Å². The van der Waals surface area contributed by atoms with Gasteiger partial charge in [-0.1, -0.05) is 0 Å². The molecule has 1 aromatic heterocycles. The second-order valence-corrected chi connectivity index (χ2v) is 4.86. The highest BCUT2D eigenvalue weighted by Crippen LogP contribution is 2.17. The molecular formula is C14H20FN3O2. The summed E-state index contributed by atoms with van der Waals surface area (Å²) in [5.41, 5.74) is 5.50. The van der Waals surface area contributed by atoms with Gasteiger partial charge >= 0.3 is 0 Å². The fourth-order valence-corrected chi connectivity index (χ4v) is 2.28. The smallest absolute Gasteiger partial charge is 0.256 e. The van der Waals surface area contributed by atoms with E-state index in [0.29, 0.717) is 26.2 Å². The van der Waals surface area contributed by atoms with Gasteiger partial charge < -0.3 is 15.4 Å². The Morgan fingerprint density at radius 2 is 2.25 bits per heavy atom. The van der Waals surface area contributed by atoms with Gasteiger partial charge in [0, 0.05) is 25.9 Å². The van der Waals surface area contributed by atoms with Crippen LogP contribution in [0, 0.1) is 5.82 Å². The number of carbonyl (C=O) groups excluding carboxylic acids is 1. The van der Waals surface area contributed by atoms with E-state index in [2.05, 4.69) is 4.98 Å². The van der Waals surface area contributed by atoms with E-state index in [1.165, 1.54) is 12.3 Å². The maximum absolute atomic E-state index is 13.5. The summed E-state index contributed by atoms with van der Waals surface area (Å²) in [6.45, 7) is 2.47. The molecule has 1 saturated heterocycles. The number of piperidine rings is 1. The number of halogens is 1. The summed E-state index contributed by atoms with van der Waals surface area (Å²) in [5, 5.41) is 0. The summed E-state index contributed by atoms with van der Waals surface area (Å²) in [4.78, 5) is 17.5. The zero-order valence-electron chi connectivity index (χ0n) is 11.4. The number of nitrogens with two attached hydrogens (primary N) is 1. The van der Waals surface area contributed by atoms with E-state index in [-0.39, 0.29) is 17.6 Å². The second-order valence-electron chi connectivity index (χ2n) is 4.86. The van der Waals surface area contributed by atoms with E-state index in [0.717, 1.165) is 25.5 Å². The van der Waals surface area contributed by atoms with Crippen LogP contribution in [0.1, 0.15) is 29.6 Å². The van der Waals surface area contributed by atoms with Crippen LogP contribution >= 0.6 is 0 Å². The first-order valence-electron chi connectivity index (χ1n) is 6.93. The molecule has 2 N–H and O–H groups in total. The first kappa shape index (κ1) is 14.9. The number of nitrogens with zero attached hydrogens (tertiary/aromatic N) is 2. The summed E-state index contributed by atoms with van der Waals surface area (Å²) in [6.07, 6.45) is 5.08. The Bertz CT molecular complexity index is 448. The highest BCUT2D eigenvalue weighted by molar-refractivity contribution is 5.94. The van der Waals surface area contributed by atoms with Crippen molar-refractivity contribution in [3.05, 3.63) is 29.8 Å². The summed E-state index contributed by atoms with van der Waals surface area (Å²) in [6, 6.07) is 1.42. The van der Waals surface area contributed by atoms with Crippen LogP contribution < -0.4 is 5.73 Å². The van der Waals surface area contributed by atoms with Gasteiger partial charge in [-0.3, -0.25) is 9.78 Å². The molecule has 0 atom stereocenters. The molecule has 0 spiro atoms. The van der Waals surface area contributed by atoms with Crippen LogP contribution in [-0.4, -0.2) is 48.1 Å². The molecule has 6 heteroatoms. The van der Waals surface area contributed by atoms with Gasteiger partial charge in [0.15, 0.2) is 5.82 Å². The third kappa shape index (κ3) is 3.74. The number of hydrogen-bond donors (Lipinski definition) is 1. The Labute approximate surface area is 117 Å². The molecule has 20 heavy (non-hydrogen) atoms. The molecule has 0 unspecified atom stereocenters. The van der Waals surface area contributed by atoms with Crippen LogP contribution in [0.5, 0.6) is 0 Å². The third-order valence-electron chi connectivity index (χ3n) is 3.43. The van der Waals surface area contributed by atoms with Crippen molar-refractivity contribution in [3.63, 3.8) is 0 Å². The van der Waals surface area contributed by atoms with E-state index in [9.17, 15) is 9.18 Å². The average molecular weight is 281 g/mol. The normalized spacial score (nSPS) is 16.4. The van der Waals surface area contributed by atoms with Crippen molar-refractivity contribution < 1.29 is 13.9 Å². The number of likely N-dealkylation sites (tertiary alicyclic amines) is 1. The number of aromatic nitrogens is 1. The minimum absolute atomic E-state index is 0.0856. The van der Waals surface area contributed by atoms with E-state index in [4.69, 9.17) is 10.5 Å². The molecular weight excluding hydrogens is 261 g/mol. The fraction of sp³-hybridized carbons (Fsp3) is 0.571. The maximum atomic E-state index is 13.5. The van der Waals surface area contributed by atoms with E-state index < -0.39 is 5.82 Å². The van der Waals surface area contributed by atoms with Crippen molar-refractivity contribution in [3.8, 4) is 0 Å². The van der Waals surface area contributed by atoms with Crippen LogP contribution in [0.25, 0.3) is 0 Å². The van der Waals surface area contributed by atoms with Crippen LogP contribution in [0.2, 0.25) is 0 Å². The molecule has 0 aliphatic carbocycles. The minimum atomic E-state index is -0.571. The van der Waals surface area contributed by atoms with Crippen LogP contribution in [-0.2, 0) is 4.74 Å². The highest BCUT2D eigenvalue weighted by Gasteiger charge is 2.25. The van der Waals surface area contributed by atoms with E-state index in [1.54, 1.807) is 4.90 Å². The number of pyridine rings is 1. The van der Waals surface area contributed by atoms with Gasteiger partial charge in [0.05, 0.1) is 17.9 Å². The number of hydrogen-bond acceptors (Lipinski definition) is 4. The van der Waals surface area contributed by atoms with Crippen LogP contribution in [0.15, 0.2) is 18.5 Å². The number of amides is 1. The van der Waals surface area contributed by atoms with E-state index >= 15 is 0 Å². The van der Waals surface area contributed by atoms with Crippen LogP contribution in [0.4, 0.5) is 4.39 Å². The van der Waals surface area contributed by atoms with Gasteiger partial charge in [0.2, 0.25) is 0 Å². The Kier molecular flexibility index (Phi) is 5.43. The van der Waals surface area contributed by atoms with Crippen molar-refractivity contribution in [1.82, 2.24) is 9.88 Å². The van der Waals surface area contributed by atoms with Gasteiger partial charge in [-0.2, -0.15) is 0 Å². The topological polar surface area (TPSA) is 68.5 Å². The third-order valence-corrected chi connectivity index (χ3v) is 3.43. The summed E-state index contributed by atoms with van der Waals surface area (Å²) in [7, 11) is 0. The molecule has 1 aliphatic heterocycles. The van der Waals surface area contributed by atoms with Crippen LogP contribution in [0.3, 0.4) is 0 Å². The zero-order chi connectivity index (χ0) is 14.4. The molecule has 0 radical (unpaired) electrons. The SMILES string of the molecule is NCCCOC1CCN(C(=O)c2ccncc2F)CC1. The summed E-state index contributed by atoms with van der Waals surface area (Å²) >= 11 is 0. The molecule has 1 aliphatic rings. The standard InChI is InChI=1S/C14H20FN3O2/c15-13-10-17-6-2-12(13)14(19)18-7-3-11(4-8-18)20-9-1-5-16/h2,6,10-11H,1,3-5,7-9,16H2. The number of rotatable bonds is 5. The average Bonchev–Trinajstić information content (AvgIpc) is 2.48. The zero-order valence-corrected chi connectivity index (χ0v) is 11.4. The number of ether oxygens (including phenoxy) is 1. The molecule has 1 fully saturated rings. The predicted molar refractivity (Wildman–Crippen MR) is 72.7 cm³/mol. The molecule has 0 bridgehead atoms. The van der Waals surface area contributed by atoms with Gasteiger partial charge in [-0.25, -0.2) is 4.39 Å². The molecule has 1 amide bonds. The Balaban J connectivity index is 1.85. The maximum Gasteiger partial charge on any atom is 0.256 e. The molecule has 110 valence electrons. The highest BCUT2D eigenvalue weighted by atomic mass is 19.1. The summed E-state index contributed by atoms with van der Waals surface area (Å²) in [5.74, 6) is -0.843. The largest absolute Gasteiger partial charge is 0.378 e. The van der Waals surface area contributed by atoms with Crippen molar-refractivity contribution >= 4 is 5.91 Å². The van der Waals surface area contributed by atoms with Crippen molar-refractivity contribution in [2.24, 2.45) is 5.73 Å². The lowest BCUT2D eigenvalue weighted by Crippen LogP contribution is -2.41. The Morgan fingerprint density at radius 3 is 2.90 bits per heavy atom. The van der Waals surface area contributed by atoms with Gasteiger partial charge in [0.25, 0.3) is 5.91 Å². The van der Waals surface area contributed by atoms with Gasteiger partial charge in [-0.15, -0.1) is 0 Å². The Morgan fingerprint density at radius 1 is 1.50 bits per heavy atom. The lowest BCUT2D eigenvalue weighted by atomic mass is 10.1. The number of carbonyl (C=O) groups is 1. The molecule has 0 saturated carbocycles. The molecule has 5 nitrogen and oxygen atoms in total. The first-order chi connectivity index (χ1) is 9.72. The van der Waals surface area contributed by atoms with Gasteiger partial charge in [0.1, 0.15) is 0 Å². The predicted octanol–water partition coefficient (Wildman–Crippen LogP) is 1.19. The first-order valence-corrected chi connectivity index (χ1v) is 6.93. The van der Waals surface area contributed by atoms with Crippen molar-refractivity contribution in [2.45, 2.75) is 25.4 Å². The minimum Gasteiger partial charge on any atom is -0.378 e. The lowest BCUT2D eigenvalue weighted by molar-refractivity contribution is 0.00833. The molecule has 0 aromatic carbocycles. The molecule has 1 aromatic rings. The quantitative estimate of drug-likeness (QED) is 0.823. The van der Waals surface area contributed by atoms with Crippen molar-refractivity contribution in [2.75, 3.05) is 26.2 Å². The molecule has 2 heterocycles. The van der Waals surface area contributed by atoms with Crippen molar-refractivity contribution in [1.29, 1.82) is 0 Å². The monoisotopic (exact) mass is 281 g/mol. The summed E-state index contributed by atoms with van der Waals surface area (Å²) < 4.78 is 19.2. The Hall–Kier alpha value is -1.53. The molecule has 2 rings (SSSR count). The van der Waals surface area contributed by atoms with E-state index in [1.807, 2.05) is 0 Å². The fourth-order valence-electron chi connectivity index (χ4n) is 2.28.